The first kappa shape index (κ1) is 9.97. The van der Waals surface area contributed by atoms with Crippen LogP contribution in [0, 0.1) is 0 Å². The lowest BCUT2D eigenvalue weighted by molar-refractivity contribution is -0.128. The normalized spacial score (nSPS) is 24.9. The van der Waals surface area contributed by atoms with Crippen molar-refractivity contribution in [1.29, 1.82) is 0 Å². The summed E-state index contributed by atoms with van der Waals surface area (Å²) in [5.74, 6) is 0.766. The summed E-state index contributed by atoms with van der Waals surface area (Å²) in [6, 6.07) is 9.93. The van der Waals surface area contributed by atoms with E-state index in [0.717, 1.165) is 5.56 Å². The van der Waals surface area contributed by atoms with Gasteiger partial charge < -0.3 is 4.74 Å². The summed E-state index contributed by atoms with van der Waals surface area (Å²) in [4.78, 5) is 11.7. The lowest BCUT2D eigenvalue weighted by Crippen LogP contribution is -2.35. The van der Waals surface area contributed by atoms with Crippen LogP contribution in [0.2, 0.25) is 0 Å². The smallest absolute Gasteiger partial charge is 0.202 e. The van der Waals surface area contributed by atoms with E-state index in [-0.39, 0.29) is 5.78 Å². The van der Waals surface area contributed by atoms with Crippen LogP contribution in [0.5, 0.6) is 0 Å². The molecule has 2 heteroatoms. The van der Waals surface area contributed by atoms with Crippen LogP contribution in [0.25, 0.3) is 0 Å². The highest BCUT2D eigenvalue weighted by Gasteiger charge is 2.38. The molecule has 0 unspecified atom stereocenters. The Morgan fingerprint density at radius 2 is 1.93 bits per heavy atom. The predicted molar refractivity (Wildman–Crippen MR) is 58.4 cm³/mol. The van der Waals surface area contributed by atoms with Crippen LogP contribution in [0.4, 0.5) is 0 Å². The van der Waals surface area contributed by atoms with Gasteiger partial charge in [-0.2, -0.15) is 0 Å². The molecule has 15 heavy (non-hydrogen) atoms. The molecule has 2 nitrogen and oxygen atoms in total. The summed E-state index contributed by atoms with van der Waals surface area (Å²) in [5.41, 5.74) is 0.419. The number of hydrogen-bond acceptors (Lipinski definition) is 2. The van der Waals surface area contributed by atoms with Crippen molar-refractivity contribution >= 4 is 5.78 Å². The van der Waals surface area contributed by atoms with E-state index >= 15 is 0 Å². The fraction of sp³-hybridized carbons (Fsp3) is 0.308. The molecule has 1 aromatic carbocycles. The molecule has 1 aromatic rings. The van der Waals surface area contributed by atoms with Crippen molar-refractivity contribution in [1.82, 2.24) is 0 Å². The third-order valence-electron chi connectivity index (χ3n) is 2.63. The van der Waals surface area contributed by atoms with Crippen LogP contribution >= 0.6 is 0 Å². The lowest BCUT2D eigenvalue weighted by Gasteiger charge is -2.23. The molecular weight excluding hydrogens is 188 g/mol. The van der Waals surface area contributed by atoms with Gasteiger partial charge in [-0.15, -0.1) is 0 Å². The van der Waals surface area contributed by atoms with Gasteiger partial charge in [0.1, 0.15) is 0 Å². The van der Waals surface area contributed by atoms with Gasteiger partial charge in [0.25, 0.3) is 0 Å². The second-order valence-corrected chi connectivity index (χ2v) is 4.11. The Balaban J connectivity index is 2.17. The number of allylic oxidation sites excluding steroid dienone is 1. The molecule has 1 atom stereocenters. The van der Waals surface area contributed by atoms with E-state index in [1.807, 2.05) is 44.2 Å². The van der Waals surface area contributed by atoms with E-state index in [2.05, 4.69) is 0 Å². The van der Waals surface area contributed by atoms with E-state index in [1.165, 1.54) is 0 Å². The Morgan fingerprint density at radius 1 is 1.27 bits per heavy atom. The van der Waals surface area contributed by atoms with Gasteiger partial charge in [0.15, 0.2) is 5.60 Å². The molecule has 0 aliphatic carbocycles. The summed E-state index contributed by atoms with van der Waals surface area (Å²) in [6.07, 6.45) is 2.20. The van der Waals surface area contributed by atoms with Gasteiger partial charge in [-0.25, -0.2) is 0 Å². The fourth-order valence-corrected chi connectivity index (χ4v) is 1.88. The average Bonchev–Trinajstić information content (AvgIpc) is 2.41. The van der Waals surface area contributed by atoms with E-state index in [9.17, 15) is 4.79 Å². The average molecular weight is 202 g/mol. The van der Waals surface area contributed by atoms with Gasteiger partial charge >= 0.3 is 0 Å². The zero-order valence-electron chi connectivity index (χ0n) is 8.99. The highest BCUT2D eigenvalue weighted by molar-refractivity contribution is 5.99. The van der Waals surface area contributed by atoms with Crippen molar-refractivity contribution in [2.45, 2.75) is 25.9 Å². The second-order valence-electron chi connectivity index (χ2n) is 4.11. The third-order valence-corrected chi connectivity index (χ3v) is 2.63. The van der Waals surface area contributed by atoms with Gasteiger partial charge in [-0.1, -0.05) is 30.3 Å². The number of carbonyl (C=O) groups is 1. The quantitative estimate of drug-likeness (QED) is 0.736. The molecule has 0 aromatic heterocycles. The zero-order valence-corrected chi connectivity index (χ0v) is 8.99. The summed E-state index contributed by atoms with van der Waals surface area (Å²) < 4.78 is 5.58. The van der Waals surface area contributed by atoms with Gasteiger partial charge in [0.05, 0.1) is 5.76 Å². The molecule has 0 saturated heterocycles. The Hall–Kier alpha value is -1.57. The molecule has 78 valence electrons. The van der Waals surface area contributed by atoms with E-state index in [1.54, 1.807) is 6.08 Å². The Morgan fingerprint density at radius 3 is 2.47 bits per heavy atom. The van der Waals surface area contributed by atoms with E-state index < -0.39 is 5.60 Å². The molecule has 0 N–H and O–H groups in total. The number of ketones is 1. The van der Waals surface area contributed by atoms with Crippen LogP contribution in [0.3, 0.4) is 0 Å². The van der Waals surface area contributed by atoms with Gasteiger partial charge in [0, 0.05) is 12.5 Å². The van der Waals surface area contributed by atoms with Crippen molar-refractivity contribution in [2.75, 3.05) is 0 Å². The number of benzene rings is 1. The van der Waals surface area contributed by atoms with Crippen molar-refractivity contribution in [3.05, 3.63) is 47.7 Å². The molecule has 2 rings (SSSR count). The number of ether oxygens (including phenoxy) is 1. The minimum Gasteiger partial charge on any atom is -0.484 e. The Kier molecular flexibility index (Phi) is 2.35. The molecule has 1 heterocycles. The lowest BCUT2D eigenvalue weighted by atomic mass is 9.93. The SMILES string of the molecule is CC1=CC(=O)[C@@](C)(Cc2ccccc2)O1. The van der Waals surface area contributed by atoms with Crippen LogP contribution < -0.4 is 0 Å². The molecule has 1 aliphatic heterocycles. The molecule has 0 radical (unpaired) electrons. The first-order valence-corrected chi connectivity index (χ1v) is 5.06. The summed E-state index contributed by atoms with van der Waals surface area (Å²) in [6.45, 7) is 3.66. The van der Waals surface area contributed by atoms with Crippen LogP contribution in [0.15, 0.2) is 42.2 Å². The minimum absolute atomic E-state index is 0.0591. The Labute approximate surface area is 89.6 Å². The van der Waals surface area contributed by atoms with Crippen LogP contribution in [-0.4, -0.2) is 11.4 Å². The molecule has 0 saturated carbocycles. The first-order valence-electron chi connectivity index (χ1n) is 5.06. The van der Waals surface area contributed by atoms with Gasteiger partial charge in [-0.3, -0.25) is 4.79 Å². The molecule has 0 amide bonds. The van der Waals surface area contributed by atoms with E-state index in [4.69, 9.17) is 4.74 Å². The predicted octanol–water partition coefficient (Wildman–Crippen LogP) is 2.49. The minimum atomic E-state index is -0.703. The van der Waals surface area contributed by atoms with Crippen molar-refractivity contribution < 1.29 is 9.53 Å². The van der Waals surface area contributed by atoms with Gasteiger partial charge in [-0.05, 0) is 19.4 Å². The largest absolute Gasteiger partial charge is 0.484 e. The van der Waals surface area contributed by atoms with Crippen molar-refractivity contribution in [3.8, 4) is 0 Å². The number of hydrogen-bond donors (Lipinski definition) is 0. The maximum Gasteiger partial charge on any atom is 0.202 e. The van der Waals surface area contributed by atoms with Crippen LogP contribution in [-0.2, 0) is 16.0 Å². The summed E-state index contributed by atoms with van der Waals surface area (Å²) >= 11 is 0. The highest BCUT2D eigenvalue weighted by Crippen LogP contribution is 2.28. The molecule has 0 spiro atoms. The standard InChI is InChI=1S/C13H14O2/c1-10-8-12(14)13(2,15-10)9-11-6-4-3-5-7-11/h3-8H,9H2,1-2H3/t13-/m1/s1. The topological polar surface area (TPSA) is 26.3 Å². The highest BCUT2D eigenvalue weighted by atomic mass is 16.5. The fourth-order valence-electron chi connectivity index (χ4n) is 1.88. The monoisotopic (exact) mass is 202 g/mol. The number of rotatable bonds is 2. The second kappa shape index (κ2) is 3.54. The zero-order chi connectivity index (χ0) is 10.9. The molecular formula is C13H14O2. The Bertz CT molecular complexity index is 406. The third kappa shape index (κ3) is 1.94. The summed E-state index contributed by atoms with van der Waals surface area (Å²) in [7, 11) is 0. The van der Waals surface area contributed by atoms with Crippen molar-refractivity contribution in [3.63, 3.8) is 0 Å². The summed E-state index contributed by atoms with van der Waals surface area (Å²) in [5, 5.41) is 0. The molecule has 0 fully saturated rings. The first-order chi connectivity index (χ1) is 7.10. The molecule has 0 bridgehead atoms. The maximum atomic E-state index is 11.7. The molecule has 1 aliphatic rings. The maximum absolute atomic E-state index is 11.7. The van der Waals surface area contributed by atoms with Gasteiger partial charge in [0.2, 0.25) is 5.78 Å². The van der Waals surface area contributed by atoms with E-state index in [0.29, 0.717) is 12.2 Å². The van der Waals surface area contributed by atoms with Crippen molar-refractivity contribution in [2.24, 2.45) is 0 Å². The van der Waals surface area contributed by atoms with Crippen LogP contribution in [0.1, 0.15) is 19.4 Å². The number of carbonyl (C=O) groups excluding carboxylic acids is 1.